The molecule has 1 aliphatic rings. The van der Waals surface area contributed by atoms with E-state index in [0.717, 1.165) is 5.56 Å². The van der Waals surface area contributed by atoms with Crippen molar-refractivity contribution in [1.29, 1.82) is 0 Å². The Morgan fingerprint density at radius 2 is 1.88 bits per heavy atom. The van der Waals surface area contributed by atoms with Crippen LogP contribution in [0.3, 0.4) is 0 Å². The van der Waals surface area contributed by atoms with E-state index in [4.69, 9.17) is 4.74 Å². The van der Waals surface area contributed by atoms with Crippen molar-refractivity contribution < 1.29 is 9.53 Å². The number of ether oxygens (including phenoxy) is 1. The highest BCUT2D eigenvalue weighted by Gasteiger charge is 2.15. The van der Waals surface area contributed by atoms with Gasteiger partial charge in [-0.1, -0.05) is 49.1 Å². The highest BCUT2D eigenvalue weighted by Crippen LogP contribution is 2.31. The number of carbonyl (C=O) groups excluding carboxylic acids is 1. The predicted octanol–water partition coefficient (Wildman–Crippen LogP) is 3.38. The van der Waals surface area contributed by atoms with Crippen molar-refractivity contribution in [3.63, 3.8) is 0 Å². The van der Waals surface area contributed by atoms with Gasteiger partial charge in [0.15, 0.2) is 0 Å². The number of para-hydroxylation sites is 1. The molecule has 0 saturated carbocycles. The summed E-state index contributed by atoms with van der Waals surface area (Å²) in [5.74, 6) is 0.397. The molecule has 0 fully saturated rings. The average molecular weight is 226 g/mol. The number of hydrogen-bond donors (Lipinski definition) is 0. The molecule has 0 spiro atoms. The van der Waals surface area contributed by atoms with Gasteiger partial charge in [0.25, 0.3) is 0 Å². The van der Waals surface area contributed by atoms with Crippen molar-refractivity contribution >= 4 is 5.97 Å². The van der Waals surface area contributed by atoms with Crippen molar-refractivity contribution in [2.75, 3.05) is 0 Å². The molecule has 17 heavy (non-hydrogen) atoms. The van der Waals surface area contributed by atoms with E-state index >= 15 is 0 Å². The lowest BCUT2D eigenvalue weighted by Gasteiger charge is -2.12. The lowest BCUT2D eigenvalue weighted by molar-refractivity contribution is -0.130. The molecule has 0 amide bonds. The van der Waals surface area contributed by atoms with Crippen LogP contribution in [-0.4, -0.2) is 5.97 Å². The molecule has 0 aliphatic heterocycles. The van der Waals surface area contributed by atoms with Crippen LogP contribution in [0.2, 0.25) is 0 Å². The van der Waals surface area contributed by atoms with Gasteiger partial charge < -0.3 is 4.74 Å². The molecule has 86 valence electrons. The Labute approximate surface area is 101 Å². The van der Waals surface area contributed by atoms with Crippen LogP contribution in [0, 0.1) is 0 Å². The molecule has 0 radical (unpaired) electrons. The summed E-state index contributed by atoms with van der Waals surface area (Å²) in [6, 6.07) is 7.56. The fraction of sp³-hybridized carbons (Fsp3) is 0.133. The molecule has 0 bridgehead atoms. The van der Waals surface area contributed by atoms with Gasteiger partial charge in [-0.3, -0.25) is 0 Å². The quantitative estimate of drug-likeness (QED) is 0.448. The minimum absolute atomic E-state index is 0.184. The largest absolute Gasteiger partial charge is 0.423 e. The molecule has 0 saturated heterocycles. The zero-order chi connectivity index (χ0) is 12.3. The smallest absolute Gasteiger partial charge is 0.338 e. The van der Waals surface area contributed by atoms with E-state index in [1.807, 2.05) is 30.4 Å². The second-order valence-electron chi connectivity index (χ2n) is 4.00. The second-order valence-corrected chi connectivity index (χ2v) is 4.00. The van der Waals surface area contributed by atoms with Crippen LogP contribution in [0.15, 0.2) is 60.7 Å². The van der Waals surface area contributed by atoms with E-state index in [-0.39, 0.29) is 11.9 Å². The standard InChI is InChI=1S/C15H14O2/c1-11(2)15(16)17-14-10-6-5-9-13(14)12-7-3-4-8-12/h3-10,12H,1H2,2H3. The van der Waals surface area contributed by atoms with Crippen LogP contribution in [0.25, 0.3) is 0 Å². The fourth-order valence-electron chi connectivity index (χ4n) is 1.68. The number of rotatable bonds is 3. The second kappa shape index (κ2) is 4.83. The van der Waals surface area contributed by atoms with E-state index in [2.05, 4.69) is 18.7 Å². The van der Waals surface area contributed by atoms with E-state index < -0.39 is 0 Å². The van der Waals surface area contributed by atoms with Crippen LogP contribution in [-0.2, 0) is 4.79 Å². The number of esters is 1. The maximum Gasteiger partial charge on any atom is 0.338 e. The Kier molecular flexibility index (Phi) is 3.24. The monoisotopic (exact) mass is 226 g/mol. The first-order valence-corrected chi connectivity index (χ1v) is 5.50. The molecular formula is C15H14O2. The molecule has 0 atom stereocenters. The number of carbonyl (C=O) groups is 1. The van der Waals surface area contributed by atoms with Crippen molar-refractivity contribution in [2.24, 2.45) is 0 Å². The molecule has 1 aromatic rings. The number of allylic oxidation sites excluding steroid dienone is 4. The van der Waals surface area contributed by atoms with Crippen LogP contribution in [0.5, 0.6) is 5.75 Å². The molecule has 0 heterocycles. The molecule has 1 aromatic carbocycles. The Bertz CT molecular complexity index is 497. The van der Waals surface area contributed by atoms with Gasteiger partial charge in [-0.15, -0.1) is 0 Å². The van der Waals surface area contributed by atoms with Crippen molar-refractivity contribution in [1.82, 2.24) is 0 Å². The highest BCUT2D eigenvalue weighted by atomic mass is 16.5. The molecule has 1 aliphatic carbocycles. The fourth-order valence-corrected chi connectivity index (χ4v) is 1.68. The zero-order valence-corrected chi connectivity index (χ0v) is 9.72. The van der Waals surface area contributed by atoms with Gasteiger partial charge in [-0.25, -0.2) is 4.79 Å². The summed E-state index contributed by atoms with van der Waals surface area (Å²) in [6.45, 7) is 5.22. The maximum atomic E-state index is 11.5. The molecule has 0 unspecified atom stereocenters. The van der Waals surface area contributed by atoms with E-state index in [0.29, 0.717) is 11.3 Å². The number of benzene rings is 1. The van der Waals surface area contributed by atoms with Gasteiger partial charge in [0, 0.05) is 17.1 Å². The van der Waals surface area contributed by atoms with Gasteiger partial charge in [0.2, 0.25) is 0 Å². The van der Waals surface area contributed by atoms with Gasteiger partial charge in [0.1, 0.15) is 5.75 Å². The summed E-state index contributed by atoms with van der Waals surface area (Å²) < 4.78 is 5.31. The first-order chi connectivity index (χ1) is 8.18. The van der Waals surface area contributed by atoms with E-state index in [9.17, 15) is 4.79 Å². The Hall–Kier alpha value is -2.09. The number of hydrogen-bond acceptors (Lipinski definition) is 2. The highest BCUT2D eigenvalue weighted by molar-refractivity contribution is 5.89. The molecule has 0 N–H and O–H groups in total. The Morgan fingerprint density at radius 1 is 1.24 bits per heavy atom. The molecule has 2 rings (SSSR count). The molecule has 2 heteroatoms. The summed E-state index contributed by atoms with van der Waals surface area (Å²) in [6.07, 6.45) is 8.10. The van der Waals surface area contributed by atoms with Crippen molar-refractivity contribution in [3.05, 3.63) is 66.3 Å². The lowest BCUT2D eigenvalue weighted by Crippen LogP contribution is -2.10. The lowest BCUT2D eigenvalue weighted by atomic mass is 10.00. The molecular weight excluding hydrogens is 212 g/mol. The topological polar surface area (TPSA) is 26.3 Å². The Balaban J connectivity index is 2.28. The molecule has 2 nitrogen and oxygen atoms in total. The maximum absolute atomic E-state index is 11.5. The van der Waals surface area contributed by atoms with Gasteiger partial charge >= 0.3 is 5.97 Å². The molecule has 0 aromatic heterocycles. The van der Waals surface area contributed by atoms with Crippen LogP contribution >= 0.6 is 0 Å². The van der Waals surface area contributed by atoms with Crippen LogP contribution in [0.1, 0.15) is 18.4 Å². The zero-order valence-electron chi connectivity index (χ0n) is 9.72. The first-order valence-electron chi connectivity index (χ1n) is 5.50. The van der Waals surface area contributed by atoms with Crippen LogP contribution < -0.4 is 4.74 Å². The third-order valence-electron chi connectivity index (χ3n) is 2.58. The van der Waals surface area contributed by atoms with Gasteiger partial charge in [0.05, 0.1) is 0 Å². The van der Waals surface area contributed by atoms with Gasteiger partial charge in [-0.05, 0) is 13.0 Å². The van der Waals surface area contributed by atoms with Crippen molar-refractivity contribution in [3.8, 4) is 5.75 Å². The normalized spacial score (nSPS) is 13.9. The minimum Gasteiger partial charge on any atom is -0.423 e. The third-order valence-corrected chi connectivity index (χ3v) is 2.58. The van der Waals surface area contributed by atoms with E-state index in [1.54, 1.807) is 13.0 Å². The van der Waals surface area contributed by atoms with Crippen molar-refractivity contribution in [2.45, 2.75) is 12.8 Å². The van der Waals surface area contributed by atoms with Gasteiger partial charge in [-0.2, -0.15) is 0 Å². The summed E-state index contributed by atoms with van der Waals surface area (Å²) in [5.41, 5.74) is 1.39. The first kappa shape index (κ1) is 11.4. The summed E-state index contributed by atoms with van der Waals surface area (Å²) in [5, 5.41) is 0. The van der Waals surface area contributed by atoms with Crippen LogP contribution in [0.4, 0.5) is 0 Å². The predicted molar refractivity (Wildman–Crippen MR) is 67.9 cm³/mol. The SMILES string of the molecule is C=C(C)C(=O)Oc1ccccc1C1C=CC=C1. The Morgan fingerprint density at radius 3 is 2.53 bits per heavy atom. The summed E-state index contributed by atoms with van der Waals surface area (Å²) in [7, 11) is 0. The summed E-state index contributed by atoms with van der Waals surface area (Å²) in [4.78, 5) is 11.5. The minimum atomic E-state index is -0.386. The third kappa shape index (κ3) is 2.53. The van der Waals surface area contributed by atoms with E-state index in [1.165, 1.54) is 0 Å². The summed E-state index contributed by atoms with van der Waals surface area (Å²) >= 11 is 0. The average Bonchev–Trinajstić information content (AvgIpc) is 2.83.